The standard InChI is InChI=1S/C16H24N4O3.2ClH/c17-10-15(22)18-11-16(23)20-8-6-19(7-9-20)12-14(21)13-4-2-1-3-5-13;;/h1-5,14,21H,6-12,17H2,(H,18,22);2*1H. The SMILES string of the molecule is Cl.Cl.NCC(=O)NCC(=O)N1CCN(CC(O)c2ccccc2)CC1. The van der Waals surface area contributed by atoms with Gasteiger partial charge in [0.1, 0.15) is 0 Å². The van der Waals surface area contributed by atoms with Gasteiger partial charge < -0.3 is 21.1 Å². The lowest BCUT2D eigenvalue weighted by atomic mass is 10.1. The lowest BCUT2D eigenvalue weighted by Gasteiger charge is -2.35. The number of nitrogens with two attached hydrogens (primary N) is 1. The van der Waals surface area contributed by atoms with Crippen molar-refractivity contribution in [2.45, 2.75) is 6.10 Å². The smallest absolute Gasteiger partial charge is 0.242 e. The normalized spacial score (nSPS) is 15.5. The molecule has 0 bridgehead atoms. The largest absolute Gasteiger partial charge is 0.387 e. The van der Waals surface area contributed by atoms with Crippen LogP contribution in [0.15, 0.2) is 30.3 Å². The van der Waals surface area contributed by atoms with E-state index in [4.69, 9.17) is 5.73 Å². The molecule has 1 atom stereocenters. The van der Waals surface area contributed by atoms with Crippen LogP contribution in [0.1, 0.15) is 11.7 Å². The molecule has 1 aromatic carbocycles. The predicted octanol–water partition coefficient (Wildman–Crippen LogP) is -0.217. The minimum absolute atomic E-state index is 0. The van der Waals surface area contributed by atoms with Crippen LogP contribution >= 0.6 is 24.8 Å². The fraction of sp³-hybridized carbons (Fsp3) is 0.500. The maximum absolute atomic E-state index is 12.0. The zero-order valence-corrected chi connectivity index (χ0v) is 15.6. The number of benzene rings is 1. The van der Waals surface area contributed by atoms with Crippen LogP contribution in [0.2, 0.25) is 0 Å². The molecule has 0 saturated carbocycles. The Morgan fingerprint density at radius 3 is 2.28 bits per heavy atom. The van der Waals surface area contributed by atoms with Crippen LogP contribution < -0.4 is 11.1 Å². The third-order valence-corrected chi connectivity index (χ3v) is 3.96. The maximum Gasteiger partial charge on any atom is 0.242 e. The molecule has 1 aliphatic rings. The Labute approximate surface area is 160 Å². The minimum Gasteiger partial charge on any atom is -0.387 e. The second-order valence-corrected chi connectivity index (χ2v) is 5.59. The van der Waals surface area contributed by atoms with E-state index in [1.807, 2.05) is 30.3 Å². The van der Waals surface area contributed by atoms with E-state index in [2.05, 4.69) is 10.2 Å². The Morgan fingerprint density at radius 2 is 1.72 bits per heavy atom. The van der Waals surface area contributed by atoms with E-state index in [1.54, 1.807) is 4.90 Å². The van der Waals surface area contributed by atoms with E-state index in [9.17, 15) is 14.7 Å². The van der Waals surface area contributed by atoms with Crippen molar-refractivity contribution in [3.8, 4) is 0 Å². The number of hydrogen-bond donors (Lipinski definition) is 3. The quantitative estimate of drug-likeness (QED) is 0.621. The van der Waals surface area contributed by atoms with E-state index in [-0.39, 0.29) is 49.7 Å². The highest BCUT2D eigenvalue weighted by atomic mass is 35.5. The molecule has 0 aromatic heterocycles. The number of nitrogens with zero attached hydrogens (tertiary/aromatic N) is 2. The van der Waals surface area contributed by atoms with Gasteiger partial charge in [0.2, 0.25) is 11.8 Å². The molecule has 4 N–H and O–H groups in total. The molecule has 7 nitrogen and oxygen atoms in total. The fourth-order valence-electron chi connectivity index (χ4n) is 2.56. The number of aliphatic hydroxyl groups is 1. The summed E-state index contributed by atoms with van der Waals surface area (Å²) in [5.74, 6) is -0.432. The summed E-state index contributed by atoms with van der Waals surface area (Å²) in [6.07, 6.45) is -0.526. The third-order valence-electron chi connectivity index (χ3n) is 3.96. The number of carbonyl (C=O) groups is 2. The Bertz CT molecular complexity index is 525. The van der Waals surface area contributed by atoms with Crippen molar-refractivity contribution in [1.82, 2.24) is 15.1 Å². The van der Waals surface area contributed by atoms with E-state index < -0.39 is 6.10 Å². The first-order valence-corrected chi connectivity index (χ1v) is 7.80. The van der Waals surface area contributed by atoms with Gasteiger partial charge in [-0.3, -0.25) is 14.5 Å². The average molecular weight is 393 g/mol. The van der Waals surface area contributed by atoms with Crippen molar-refractivity contribution in [3.05, 3.63) is 35.9 Å². The Hall–Kier alpha value is -1.38. The molecule has 9 heteroatoms. The highest BCUT2D eigenvalue weighted by Crippen LogP contribution is 2.14. The van der Waals surface area contributed by atoms with Gasteiger partial charge in [0, 0.05) is 32.7 Å². The number of amides is 2. The van der Waals surface area contributed by atoms with Crippen LogP contribution in [-0.2, 0) is 9.59 Å². The maximum atomic E-state index is 12.0. The summed E-state index contributed by atoms with van der Waals surface area (Å²) in [4.78, 5) is 26.9. The number of β-amino-alcohol motifs (C(OH)–C–C–N with tert-alkyl or cyclic N) is 1. The van der Waals surface area contributed by atoms with Gasteiger partial charge >= 0.3 is 0 Å². The summed E-state index contributed by atoms with van der Waals surface area (Å²) in [7, 11) is 0. The zero-order chi connectivity index (χ0) is 16.7. The van der Waals surface area contributed by atoms with Gasteiger partial charge in [-0.25, -0.2) is 0 Å². The molecule has 2 amide bonds. The molecule has 1 heterocycles. The summed E-state index contributed by atoms with van der Waals surface area (Å²) in [6, 6.07) is 9.55. The zero-order valence-electron chi connectivity index (χ0n) is 14.0. The number of piperazine rings is 1. The summed E-state index contributed by atoms with van der Waals surface area (Å²) in [5.41, 5.74) is 6.08. The van der Waals surface area contributed by atoms with Crippen molar-refractivity contribution in [1.29, 1.82) is 0 Å². The van der Waals surface area contributed by atoms with Crippen LogP contribution in [0.5, 0.6) is 0 Å². The summed E-state index contributed by atoms with van der Waals surface area (Å²) in [6.45, 7) is 3.04. The van der Waals surface area contributed by atoms with E-state index >= 15 is 0 Å². The number of carbonyl (C=O) groups excluding carboxylic acids is 2. The number of hydrogen-bond acceptors (Lipinski definition) is 5. The summed E-state index contributed by atoms with van der Waals surface area (Å²) >= 11 is 0. The first-order chi connectivity index (χ1) is 11.1. The van der Waals surface area contributed by atoms with Gasteiger partial charge in [0.15, 0.2) is 0 Å². The third kappa shape index (κ3) is 7.58. The second-order valence-electron chi connectivity index (χ2n) is 5.59. The predicted molar refractivity (Wildman–Crippen MR) is 101 cm³/mol. The highest BCUT2D eigenvalue weighted by molar-refractivity contribution is 5.86. The van der Waals surface area contributed by atoms with Crippen molar-refractivity contribution in [3.63, 3.8) is 0 Å². The van der Waals surface area contributed by atoms with Gasteiger partial charge in [-0.2, -0.15) is 0 Å². The molecule has 142 valence electrons. The molecule has 0 aliphatic carbocycles. The average Bonchev–Trinajstić information content (AvgIpc) is 2.60. The topological polar surface area (TPSA) is 98.9 Å². The van der Waals surface area contributed by atoms with Gasteiger partial charge in [-0.15, -0.1) is 24.8 Å². The van der Waals surface area contributed by atoms with E-state index in [1.165, 1.54) is 0 Å². The van der Waals surface area contributed by atoms with Crippen molar-refractivity contribution >= 4 is 36.6 Å². The Kier molecular flexibility index (Phi) is 11.4. The highest BCUT2D eigenvalue weighted by Gasteiger charge is 2.22. The first-order valence-electron chi connectivity index (χ1n) is 7.80. The van der Waals surface area contributed by atoms with Gasteiger partial charge in [0.05, 0.1) is 19.2 Å². The van der Waals surface area contributed by atoms with Crippen molar-refractivity contribution < 1.29 is 14.7 Å². The van der Waals surface area contributed by atoms with Crippen molar-refractivity contribution in [2.75, 3.05) is 45.8 Å². The summed E-state index contributed by atoms with van der Waals surface area (Å²) in [5, 5.41) is 12.7. The first kappa shape index (κ1) is 23.6. The van der Waals surface area contributed by atoms with Crippen LogP contribution in [0, 0.1) is 0 Å². The molecule has 1 saturated heterocycles. The number of halogens is 2. The number of rotatable bonds is 6. The molecule has 0 radical (unpaired) electrons. The number of aliphatic hydroxyl groups excluding tert-OH is 1. The second kappa shape index (κ2) is 12.1. The van der Waals surface area contributed by atoms with Crippen molar-refractivity contribution in [2.24, 2.45) is 5.73 Å². The molecular weight excluding hydrogens is 367 g/mol. The van der Waals surface area contributed by atoms with Gasteiger partial charge in [-0.1, -0.05) is 30.3 Å². The molecule has 0 spiro atoms. The van der Waals surface area contributed by atoms with Gasteiger partial charge in [-0.05, 0) is 5.56 Å². The molecule has 1 unspecified atom stereocenters. The van der Waals surface area contributed by atoms with Crippen LogP contribution in [0.4, 0.5) is 0 Å². The minimum atomic E-state index is -0.526. The molecule has 1 aliphatic heterocycles. The van der Waals surface area contributed by atoms with Crippen LogP contribution in [-0.4, -0.2) is 72.5 Å². The van der Waals surface area contributed by atoms with E-state index in [0.29, 0.717) is 32.7 Å². The molecule has 1 aromatic rings. The molecule has 1 fully saturated rings. The van der Waals surface area contributed by atoms with Crippen LogP contribution in [0.3, 0.4) is 0 Å². The molecular formula is C16H26Cl2N4O3. The molecule has 25 heavy (non-hydrogen) atoms. The monoisotopic (exact) mass is 392 g/mol. The fourth-order valence-corrected chi connectivity index (χ4v) is 2.56. The van der Waals surface area contributed by atoms with E-state index in [0.717, 1.165) is 5.56 Å². The van der Waals surface area contributed by atoms with Gasteiger partial charge in [0.25, 0.3) is 0 Å². The Morgan fingerprint density at radius 1 is 1.12 bits per heavy atom. The lowest BCUT2D eigenvalue weighted by Crippen LogP contribution is -2.52. The number of nitrogens with one attached hydrogen (secondary N) is 1. The Balaban J connectivity index is 0.00000288. The van der Waals surface area contributed by atoms with Crippen LogP contribution in [0.25, 0.3) is 0 Å². The lowest BCUT2D eigenvalue weighted by molar-refractivity contribution is -0.134. The molecule has 2 rings (SSSR count). The summed E-state index contributed by atoms with van der Waals surface area (Å²) < 4.78 is 0.